The summed E-state index contributed by atoms with van der Waals surface area (Å²) >= 11 is 0. The Kier molecular flexibility index (Phi) is 5.55. The number of hydrogen-bond acceptors (Lipinski definition) is 3. The fourth-order valence-corrected chi connectivity index (χ4v) is 4.31. The first-order valence-corrected chi connectivity index (χ1v) is 10.5. The molecule has 2 fully saturated rings. The molecule has 1 aromatic heterocycles. The van der Waals surface area contributed by atoms with Gasteiger partial charge in [-0.3, -0.25) is 14.2 Å². The van der Waals surface area contributed by atoms with Crippen molar-refractivity contribution in [1.29, 1.82) is 0 Å². The standard InChI is InChI=1S/C22H29N3O2/c26-21(23-15-5-8-16-6-1-2-7-16)14-13-20-24-19-10-4-3-9-18(19)22(27)25(20)17-11-12-17/h3-4,9-10,16-17H,1-2,5-8,11-15H2,(H,23,26). The van der Waals surface area contributed by atoms with Gasteiger partial charge < -0.3 is 5.32 Å². The number of nitrogens with one attached hydrogen (secondary N) is 1. The first-order chi connectivity index (χ1) is 13.2. The molecule has 1 aromatic carbocycles. The lowest BCUT2D eigenvalue weighted by atomic mass is 10.0. The maximum Gasteiger partial charge on any atom is 0.261 e. The molecule has 1 heterocycles. The molecule has 0 radical (unpaired) electrons. The van der Waals surface area contributed by atoms with Crippen LogP contribution in [0.15, 0.2) is 29.1 Å². The Labute approximate surface area is 160 Å². The Morgan fingerprint density at radius 3 is 2.70 bits per heavy atom. The van der Waals surface area contributed by atoms with E-state index in [9.17, 15) is 9.59 Å². The Balaban J connectivity index is 1.34. The Morgan fingerprint density at radius 1 is 1.15 bits per heavy atom. The Morgan fingerprint density at radius 2 is 1.93 bits per heavy atom. The predicted octanol–water partition coefficient (Wildman–Crippen LogP) is 3.75. The lowest BCUT2D eigenvalue weighted by molar-refractivity contribution is -0.121. The van der Waals surface area contributed by atoms with Crippen LogP contribution < -0.4 is 10.9 Å². The molecule has 0 spiro atoms. The zero-order chi connectivity index (χ0) is 18.6. The fourth-order valence-electron chi connectivity index (χ4n) is 4.31. The summed E-state index contributed by atoms with van der Waals surface area (Å²) in [6.45, 7) is 0.760. The molecule has 2 saturated carbocycles. The summed E-state index contributed by atoms with van der Waals surface area (Å²) in [5.41, 5.74) is 0.765. The number of hydrogen-bond donors (Lipinski definition) is 1. The van der Waals surface area contributed by atoms with E-state index >= 15 is 0 Å². The molecule has 1 N–H and O–H groups in total. The summed E-state index contributed by atoms with van der Waals surface area (Å²) in [6.07, 6.45) is 10.7. The van der Waals surface area contributed by atoms with Crippen molar-refractivity contribution in [3.8, 4) is 0 Å². The van der Waals surface area contributed by atoms with Crippen LogP contribution in [0, 0.1) is 5.92 Å². The van der Waals surface area contributed by atoms with Gasteiger partial charge in [-0.25, -0.2) is 4.98 Å². The third-order valence-electron chi connectivity index (χ3n) is 5.95. The van der Waals surface area contributed by atoms with Crippen molar-refractivity contribution >= 4 is 16.8 Å². The SMILES string of the molecule is O=C(CCc1nc2ccccc2c(=O)n1C1CC1)NCCCC1CCCC1. The topological polar surface area (TPSA) is 64.0 Å². The van der Waals surface area contributed by atoms with E-state index in [0.717, 1.165) is 43.1 Å². The molecule has 0 unspecified atom stereocenters. The molecule has 4 rings (SSSR count). The molecule has 2 aromatic rings. The summed E-state index contributed by atoms with van der Waals surface area (Å²) in [4.78, 5) is 29.8. The lowest BCUT2D eigenvalue weighted by Gasteiger charge is -2.13. The molecule has 5 heteroatoms. The molecule has 144 valence electrons. The van der Waals surface area contributed by atoms with Crippen molar-refractivity contribution in [2.75, 3.05) is 6.54 Å². The fraction of sp³-hybridized carbons (Fsp3) is 0.591. The number of fused-ring (bicyclic) bond motifs is 1. The van der Waals surface area contributed by atoms with E-state index in [1.807, 2.05) is 28.8 Å². The van der Waals surface area contributed by atoms with Gasteiger partial charge >= 0.3 is 0 Å². The van der Waals surface area contributed by atoms with Gasteiger partial charge in [-0.1, -0.05) is 37.8 Å². The van der Waals surface area contributed by atoms with Crippen molar-refractivity contribution in [2.24, 2.45) is 5.92 Å². The smallest absolute Gasteiger partial charge is 0.261 e. The van der Waals surface area contributed by atoms with Crippen LogP contribution >= 0.6 is 0 Å². The number of aryl methyl sites for hydroxylation is 1. The number of rotatable bonds is 8. The van der Waals surface area contributed by atoms with Crippen molar-refractivity contribution in [1.82, 2.24) is 14.9 Å². The largest absolute Gasteiger partial charge is 0.356 e. The van der Waals surface area contributed by atoms with Crippen molar-refractivity contribution in [3.05, 3.63) is 40.4 Å². The molecule has 0 aliphatic heterocycles. The van der Waals surface area contributed by atoms with E-state index in [0.29, 0.717) is 18.2 Å². The number of nitrogens with zero attached hydrogens (tertiary/aromatic N) is 2. The third kappa shape index (κ3) is 4.40. The van der Waals surface area contributed by atoms with E-state index in [4.69, 9.17) is 4.98 Å². The molecule has 27 heavy (non-hydrogen) atoms. The zero-order valence-electron chi connectivity index (χ0n) is 16.0. The predicted molar refractivity (Wildman–Crippen MR) is 107 cm³/mol. The molecule has 5 nitrogen and oxygen atoms in total. The van der Waals surface area contributed by atoms with Crippen LogP contribution in [0.2, 0.25) is 0 Å². The van der Waals surface area contributed by atoms with Crippen LogP contribution in [-0.4, -0.2) is 22.0 Å². The highest BCUT2D eigenvalue weighted by Gasteiger charge is 2.28. The highest BCUT2D eigenvalue weighted by molar-refractivity contribution is 5.78. The van der Waals surface area contributed by atoms with Crippen molar-refractivity contribution in [2.45, 2.75) is 70.3 Å². The highest BCUT2D eigenvalue weighted by Crippen LogP contribution is 2.35. The maximum atomic E-state index is 12.8. The summed E-state index contributed by atoms with van der Waals surface area (Å²) < 4.78 is 1.83. The van der Waals surface area contributed by atoms with Gasteiger partial charge in [0.2, 0.25) is 5.91 Å². The monoisotopic (exact) mass is 367 g/mol. The van der Waals surface area contributed by atoms with Gasteiger partial charge in [0.05, 0.1) is 10.9 Å². The van der Waals surface area contributed by atoms with Crippen LogP contribution in [-0.2, 0) is 11.2 Å². The van der Waals surface area contributed by atoms with E-state index < -0.39 is 0 Å². The summed E-state index contributed by atoms with van der Waals surface area (Å²) in [5.74, 6) is 1.69. The van der Waals surface area contributed by atoms with Crippen LogP contribution in [0.3, 0.4) is 0 Å². The van der Waals surface area contributed by atoms with Crippen molar-refractivity contribution in [3.63, 3.8) is 0 Å². The van der Waals surface area contributed by atoms with Crippen LogP contribution in [0.25, 0.3) is 10.9 Å². The highest BCUT2D eigenvalue weighted by atomic mass is 16.1. The third-order valence-corrected chi connectivity index (χ3v) is 5.95. The van der Waals surface area contributed by atoms with E-state index in [1.165, 1.54) is 32.1 Å². The summed E-state index contributed by atoms with van der Waals surface area (Å²) in [7, 11) is 0. The maximum absolute atomic E-state index is 12.8. The average Bonchev–Trinajstić information content (AvgIpc) is 3.38. The molecule has 0 saturated heterocycles. The minimum atomic E-state index is 0.0371. The number of amides is 1. The summed E-state index contributed by atoms with van der Waals surface area (Å²) in [5, 5.41) is 3.71. The number of para-hydroxylation sites is 1. The second-order valence-electron chi connectivity index (χ2n) is 8.09. The number of carbonyl (C=O) groups excluding carboxylic acids is 1. The van der Waals surface area contributed by atoms with Gasteiger partial charge in [-0.15, -0.1) is 0 Å². The van der Waals surface area contributed by atoms with Gasteiger partial charge in [-0.2, -0.15) is 0 Å². The van der Waals surface area contributed by atoms with Gasteiger partial charge in [0.25, 0.3) is 5.56 Å². The van der Waals surface area contributed by atoms with Gasteiger partial charge in [0, 0.05) is 25.4 Å². The quantitative estimate of drug-likeness (QED) is 0.723. The van der Waals surface area contributed by atoms with Gasteiger partial charge in [0.1, 0.15) is 5.82 Å². The van der Waals surface area contributed by atoms with E-state index in [-0.39, 0.29) is 17.5 Å². The van der Waals surface area contributed by atoms with E-state index in [1.54, 1.807) is 0 Å². The average molecular weight is 367 g/mol. The molecule has 2 aliphatic rings. The molecule has 0 bridgehead atoms. The first kappa shape index (κ1) is 18.2. The van der Waals surface area contributed by atoms with E-state index in [2.05, 4.69) is 5.32 Å². The number of carbonyl (C=O) groups is 1. The normalized spacial score (nSPS) is 17.5. The lowest BCUT2D eigenvalue weighted by Crippen LogP contribution is -2.28. The molecule has 2 aliphatic carbocycles. The molecular formula is C22H29N3O2. The van der Waals surface area contributed by atoms with Crippen LogP contribution in [0.5, 0.6) is 0 Å². The minimum absolute atomic E-state index is 0.0371. The zero-order valence-corrected chi connectivity index (χ0v) is 16.0. The Hall–Kier alpha value is -2.17. The van der Waals surface area contributed by atoms with Crippen molar-refractivity contribution < 1.29 is 4.79 Å². The summed E-state index contributed by atoms with van der Waals surface area (Å²) in [6, 6.07) is 7.75. The minimum Gasteiger partial charge on any atom is -0.356 e. The first-order valence-electron chi connectivity index (χ1n) is 10.5. The van der Waals surface area contributed by atoms with Crippen LogP contribution in [0.4, 0.5) is 0 Å². The van der Waals surface area contributed by atoms with Crippen LogP contribution in [0.1, 0.15) is 69.7 Å². The van der Waals surface area contributed by atoms with Gasteiger partial charge in [0.15, 0.2) is 0 Å². The molecule has 1 amide bonds. The van der Waals surface area contributed by atoms with Gasteiger partial charge in [-0.05, 0) is 43.7 Å². The second kappa shape index (κ2) is 8.24. The molecular weight excluding hydrogens is 338 g/mol. The number of benzene rings is 1. The second-order valence-corrected chi connectivity index (χ2v) is 8.09. The number of aromatic nitrogens is 2. The Bertz CT molecular complexity index is 863. The molecule has 0 atom stereocenters.